The van der Waals surface area contributed by atoms with Gasteiger partial charge in [-0.05, 0) is 37.5 Å². The summed E-state index contributed by atoms with van der Waals surface area (Å²) in [7, 11) is -0.251. The molecule has 3 rings (SSSR count). The number of anilines is 1. The van der Waals surface area contributed by atoms with E-state index in [9.17, 15) is 18.0 Å². The number of hydrogen-bond acceptors (Lipinski definition) is 8. The van der Waals surface area contributed by atoms with Gasteiger partial charge < -0.3 is 19.5 Å². The minimum absolute atomic E-state index is 0.0445. The van der Waals surface area contributed by atoms with Gasteiger partial charge in [0.2, 0.25) is 0 Å². The van der Waals surface area contributed by atoms with Gasteiger partial charge in [-0.25, -0.2) is 13.2 Å². The van der Waals surface area contributed by atoms with Crippen molar-refractivity contribution in [2.24, 2.45) is 0 Å². The molecule has 1 aliphatic rings. The van der Waals surface area contributed by atoms with Crippen LogP contribution >= 0.6 is 11.3 Å². The number of ether oxygens (including phenoxy) is 3. The topological polar surface area (TPSA) is 108 Å². The molecule has 0 saturated carbocycles. The summed E-state index contributed by atoms with van der Waals surface area (Å²) in [6.45, 7) is 5.58. The quantitative estimate of drug-likeness (QED) is 0.457. The number of fused-ring (bicyclic) bond motifs is 1. The minimum atomic E-state index is -3.24. The summed E-state index contributed by atoms with van der Waals surface area (Å²) >= 11 is 1.09. The number of carbonyl (C=O) groups excluding carboxylic acids is 2. The number of rotatable bonds is 8. The fraction of sp³-hybridized carbons (Fsp3) is 0.364. The van der Waals surface area contributed by atoms with Crippen LogP contribution < -0.4 is 14.8 Å². The average Bonchev–Trinajstić information content (AvgIpc) is 3.09. The Bertz CT molecular complexity index is 1170. The molecule has 1 aromatic carbocycles. The van der Waals surface area contributed by atoms with Gasteiger partial charge in [0.25, 0.3) is 5.91 Å². The molecule has 0 atom stereocenters. The number of sulfone groups is 1. The molecule has 1 aromatic heterocycles. The number of benzene rings is 1. The lowest BCUT2D eigenvalue weighted by Crippen LogP contribution is -2.20. The Hall–Kier alpha value is -2.85. The summed E-state index contributed by atoms with van der Waals surface area (Å²) in [5.74, 6) is -0.360. The van der Waals surface area contributed by atoms with E-state index in [0.717, 1.165) is 11.3 Å². The van der Waals surface area contributed by atoms with Gasteiger partial charge in [-0.1, -0.05) is 6.08 Å². The summed E-state index contributed by atoms with van der Waals surface area (Å²) < 4.78 is 40.1. The summed E-state index contributed by atoms with van der Waals surface area (Å²) in [6.07, 6.45) is 2.35. The zero-order valence-corrected chi connectivity index (χ0v) is 19.8. The van der Waals surface area contributed by atoms with Crippen LogP contribution in [0.5, 0.6) is 11.5 Å². The standard InChI is InChI=1S/C22H25NO7S2/c1-5-7-13-10-14(11-16(28-3)19(13)29-4)20(24)23-21-18(22(25)30-6-2)15-8-9-32(26,27)12-17(15)31-21/h5,10-11H,1,6-9,12H2,2-4H3,(H,23,24). The summed E-state index contributed by atoms with van der Waals surface area (Å²) in [5.41, 5.74) is 1.86. The van der Waals surface area contributed by atoms with Gasteiger partial charge in [0.1, 0.15) is 5.00 Å². The van der Waals surface area contributed by atoms with Crippen LogP contribution in [-0.2, 0) is 33.2 Å². The Balaban J connectivity index is 2.02. The number of amides is 1. The molecule has 1 aliphatic heterocycles. The second-order valence-corrected chi connectivity index (χ2v) is 10.4. The molecule has 0 aliphatic carbocycles. The maximum absolute atomic E-state index is 13.1. The molecule has 2 heterocycles. The second kappa shape index (κ2) is 9.74. The lowest BCUT2D eigenvalue weighted by atomic mass is 10.0. The van der Waals surface area contributed by atoms with E-state index in [1.807, 2.05) is 0 Å². The van der Waals surface area contributed by atoms with Crippen molar-refractivity contribution in [2.75, 3.05) is 31.9 Å². The summed E-state index contributed by atoms with van der Waals surface area (Å²) in [4.78, 5) is 26.3. The Labute approximate surface area is 191 Å². The predicted octanol–water partition coefficient (Wildman–Crippen LogP) is 3.39. The number of esters is 1. The van der Waals surface area contributed by atoms with Crippen molar-refractivity contribution in [2.45, 2.75) is 25.5 Å². The maximum atomic E-state index is 13.1. The van der Waals surface area contributed by atoms with E-state index < -0.39 is 21.7 Å². The van der Waals surface area contributed by atoms with Gasteiger partial charge in [-0.2, -0.15) is 0 Å². The number of nitrogens with one attached hydrogen (secondary N) is 1. The molecule has 0 bridgehead atoms. The third kappa shape index (κ3) is 4.81. The van der Waals surface area contributed by atoms with Crippen LogP contribution in [0.1, 0.15) is 43.6 Å². The SMILES string of the molecule is C=CCc1cc(C(=O)Nc2sc3c(c2C(=O)OCC)CCS(=O)(=O)C3)cc(OC)c1OC. The number of methoxy groups -OCH3 is 2. The fourth-order valence-corrected chi connectivity index (χ4v) is 6.62. The number of thiophene rings is 1. The van der Waals surface area contributed by atoms with Crippen molar-refractivity contribution in [3.8, 4) is 11.5 Å². The number of allylic oxidation sites excluding steroid dienone is 1. The highest BCUT2D eigenvalue weighted by Gasteiger charge is 2.32. The highest BCUT2D eigenvalue weighted by Crippen LogP contribution is 2.39. The van der Waals surface area contributed by atoms with Gasteiger partial charge in [0, 0.05) is 16.0 Å². The molecule has 10 heteroatoms. The van der Waals surface area contributed by atoms with Crippen LogP contribution in [0, 0.1) is 0 Å². The molecule has 0 spiro atoms. The first-order valence-corrected chi connectivity index (χ1v) is 12.6. The molecule has 0 saturated heterocycles. The average molecular weight is 480 g/mol. The van der Waals surface area contributed by atoms with Gasteiger partial charge in [0.05, 0.1) is 37.9 Å². The van der Waals surface area contributed by atoms with Gasteiger partial charge in [-0.3, -0.25) is 4.79 Å². The van der Waals surface area contributed by atoms with Crippen molar-refractivity contribution in [1.82, 2.24) is 0 Å². The first-order valence-electron chi connectivity index (χ1n) is 9.93. The zero-order valence-electron chi connectivity index (χ0n) is 18.1. The lowest BCUT2D eigenvalue weighted by Gasteiger charge is -2.15. The molecule has 1 amide bonds. The van der Waals surface area contributed by atoms with E-state index >= 15 is 0 Å². The van der Waals surface area contributed by atoms with Crippen molar-refractivity contribution >= 4 is 38.1 Å². The molecule has 0 radical (unpaired) electrons. The monoisotopic (exact) mass is 479 g/mol. The Morgan fingerprint density at radius 2 is 2.00 bits per heavy atom. The zero-order chi connectivity index (χ0) is 23.5. The maximum Gasteiger partial charge on any atom is 0.341 e. The van der Waals surface area contributed by atoms with E-state index in [0.29, 0.717) is 39.5 Å². The molecule has 2 aromatic rings. The minimum Gasteiger partial charge on any atom is -0.493 e. The Morgan fingerprint density at radius 1 is 1.25 bits per heavy atom. The van der Waals surface area contributed by atoms with E-state index in [-0.39, 0.29) is 35.1 Å². The van der Waals surface area contributed by atoms with E-state index in [1.54, 1.807) is 25.1 Å². The predicted molar refractivity (Wildman–Crippen MR) is 123 cm³/mol. The Kier molecular flexibility index (Phi) is 7.25. The Morgan fingerprint density at radius 3 is 2.62 bits per heavy atom. The molecule has 172 valence electrons. The summed E-state index contributed by atoms with van der Waals surface area (Å²) in [6, 6.07) is 3.21. The molecular formula is C22H25NO7S2. The van der Waals surface area contributed by atoms with Gasteiger partial charge in [-0.15, -0.1) is 17.9 Å². The summed E-state index contributed by atoms with van der Waals surface area (Å²) in [5, 5.41) is 3.04. The van der Waals surface area contributed by atoms with Crippen LogP contribution in [-0.4, -0.2) is 46.9 Å². The molecular weight excluding hydrogens is 454 g/mol. The fourth-order valence-electron chi connectivity index (χ4n) is 3.59. The van der Waals surface area contributed by atoms with Gasteiger partial charge in [0.15, 0.2) is 21.3 Å². The number of hydrogen-bond donors (Lipinski definition) is 1. The molecule has 0 fully saturated rings. The van der Waals surface area contributed by atoms with Crippen molar-refractivity contribution in [3.05, 3.63) is 51.9 Å². The largest absolute Gasteiger partial charge is 0.493 e. The number of carbonyl (C=O) groups is 2. The highest BCUT2D eigenvalue weighted by molar-refractivity contribution is 7.90. The van der Waals surface area contributed by atoms with Crippen LogP contribution in [0.15, 0.2) is 24.8 Å². The molecule has 0 unspecified atom stereocenters. The van der Waals surface area contributed by atoms with Crippen molar-refractivity contribution in [1.29, 1.82) is 0 Å². The van der Waals surface area contributed by atoms with Crippen LogP contribution in [0.4, 0.5) is 5.00 Å². The van der Waals surface area contributed by atoms with Crippen LogP contribution in [0.25, 0.3) is 0 Å². The van der Waals surface area contributed by atoms with E-state index in [4.69, 9.17) is 14.2 Å². The van der Waals surface area contributed by atoms with E-state index in [1.165, 1.54) is 14.2 Å². The second-order valence-electron chi connectivity index (χ2n) is 7.09. The lowest BCUT2D eigenvalue weighted by molar-refractivity contribution is 0.0527. The van der Waals surface area contributed by atoms with Crippen molar-refractivity contribution < 1.29 is 32.2 Å². The molecule has 1 N–H and O–H groups in total. The first-order chi connectivity index (χ1) is 15.2. The highest BCUT2D eigenvalue weighted by atomic mass is 32.2. The first kappa shape index (κ1) is 23.8. The van der Waals surface area contributed by atoms with Gasteiger partial charge >= 0.3 is 5.97 Å². The smallest absolute Gasteiger partial charge is 0.341 e. The van der Waals surface area contributed by atoms with Crippen molar-refractivity contribution in [3.63, 3.8) is 0 Å². The van der Waals surface area contributed by atoms with E-state index in [2.05, 4.69) is 11.9 Å². The third-order valence-electron chi connectivity index (χ3n) is 4.99. The molecule has 8 nitrogen and oxygen atoms in total. The molecule has 32 heavy (non-hydrogen) atoms. The third-order valence-corrected chi connectivity index (χ3v) is 7.88. The normalized spacial score (nSPS) is 14.2. The van der Waals surface area contributed by atoms with Crippen LogP contribution in [0.2, 0.25) is 0 Å². The van der Waals surface area contributed by atoms with Crippen LogP contribution in [0.3, 0.4) is 0 Å².